The van der Waals surface area contributed by atoms with Crippen molar-refractivity contribution in [2.45, 2.75) is 24.1 Å². The molecule has 1 fully saturated rings. The fourth-order valence-corrected chi connectivity index (χ4v) is 4.50. The van der Waals surface area contributed by atoms with E-state index in [0.717, 1.165) is 53.1 Å². The second-order valence-electron chi connectivity index (χ2n) is 6.69. The van der Waals surface area contributed by atoms with Gasteiger partial charge < -0.3 is 9.72 Å². The molecule has 5 nitrogen and oxygen atoms in total. The Kier molecular flexibility index (Phi) is 4.43. The molecule has 1 saturated heterocycles. The lowest BCUT2D eigenvalue weighted by molar-refractivity contribution is 0.129. The van der Waals surface area contributed by atoms with Crippen molar-refractivity contribution >= 4 is 22.7 Å². The third-order valence-electron chi connectivity index (χ3n) is 4.84. The van der Waals surface area contributed by atoms with E-state index in [0.29, 0.717) is 6.10 Å². The van der Waals surface area contributed by atoms with Crippen LogP contribution in [0.15, 0.2) is 65.8 Å². The average Bonchev–Trinajstić information content (AvgIpc) is 3.45. The van der Waals surface area contributed by atoms with Crippen molar-refractivity contribution in [1.29, 1.82) is 0 Å². The van der Waals surface area contributed by atoms with Crippen molar-refractivity contribution in [2.75, 3.05) is 12.4 Å². The number of para-hydroxylation sites is 2. The van der Waals surface area contributed by atoms with E-state index in [2.05, 4.69) is 50.1 Å². The van der Waals surface area contributed by atoms with Gasteiger partial charge in [0.1, 0.15) is 0 Å². The summed E-state index contributed by atoms with van der Waals surface area (Å²) in [7, 11) is 0. The normalized spacial score (nSPS) is 17.0. The Morgan fingerprint density at radius 1 is 1.07 bits per heavy atom. The number of hydrogen-bond donors (Lipinski definition) is 1. The molecule has 0 saturated carbocycles. The van der Waals surface area contributed by atoms with E-state index in [-0.39, 0.29) is 0 Å². The molecule has 3 heterocycles. The van der Waals surface area contributed by atoms with Crippen molar-refractivity contribution in [3.8, 4) is 17.2 Å². The van der Waals surface area contributed by atoms with Gasteiger partial charge in [0, 0.05) is 29.0 Å². The zero-order valence-electron chi connectivity index (χ0n) is 14.8. The zero-order valence-corrected chi connectivity index (χ0v) is 15.7. The Morgan fingerprint density at radius 2 is 1.93 bits per heavy atom. The fourth-order valence-electron chi connectivity index (χ4n) is 3.48. The number of ether oxygens (including phenoxy) is 1. The van der Waals surface area contributed by atoms with Crippen molar-refractivity contribution in [2.24, 2.45) is 0 Å². The maximum atomic E-state index is 5.77. The summed E-state index contributed by atoms with van der Waals surface area (Å²) in [6.45, 7) is 0.872. The number of fused-ring (bicyclic) bond motifs is 1. The van der Waals surface area contributed by atoms with Crippen LogP contribution < -0.4 is 0 Å². The van der Waals surface area contributed by atoms with Crippen LogP contribution in [0.4, 0.5) is 0 Å². The van der Waals surface area contributed by atoms with Gasteiger partial charge >= 0.3 is 0 Å². The molecule has 4 aromatic rings. The first-order chi connectivity index (χ1) is 13.4. The Bertz CT molecular complexity index is 1020. The Labute approximate surface area is 161 Å². The molecular formula is C21H20N4OS. The average molecular weight is 376 g/mol. The predicted octanol–water partition coefficient (Wildman–Crippen LogP) is 4.69. The minimum atomic E-state index is 0.312. The van der Waals surface area contributed by atoms with E-state index in [1.54, 1.807) is 11.8 Å². The minimum absolute atomic E-state index is 0.312. The first kappa shape index (κ1) is 16.6. The topological polar surface area (TPSA) is 55.7 Å². The third-order valence-corrected chi connectivity index (χ3v) is 5.90. The molecule has 0 spiro atoms. The van der Waals surface area contributed by atoms with Gasteiger partial charge in [0.25, 0.3) is 0 Å². The quantitative estimate of drug-likeness (QED) is 0.514. The van der Waals surface area contributed by atoms with E-state index >= 15 is 0 Å². The number of thioether (sulfide) groups is 1. The summed E-state index contributed by atoms with van der Waals surface area (Å²) in [5.74, 6) is 1.73. The second kappa shape index (κ2) is 7.21. The number of nitrogens with zero attached hydrogens (tertiary/aromatic N) is 3. The van der Waals surface area contributed by atoms with E-state index in [1.807, 2.05) is 30.3 Å². The molecule has 0 bridgehead atoms. The summed E-state index contributed by atoms with van der Waals surface area (Å²) >= 11 is 1.71. The highest BCUT2D eigenvalue weighted by atomic mass is 32.2. The number of rotatable bonds is 5. The number of hydrogen-bond acceptors (Lipinski definition) is 4. The summed E-state index contributed by atoms with van der Waals surface area (Å²) in [6, 6.07) is 20.7. The van der Waals surface area contributed by atoms with Gasteiger partial charge in [0.05, 0.1) is 11.8 Å². The summed E-state index contributed by atoms with van der Waals surface area (Å²) in [5.41, 5.74) is 3.13. The van der Waals surface area contributed by atoms with Crippen molar-refractivity contribution < 1.29 is 4.74 Å². The molecule has 0 radical (unpaired) electrons. The van der Waals surface area contributed by atoms with Gasteiger partial charge in [-0.2, -0.15) is 0 Å². The molecule has 0 amide bonds. The van der Waals surface area contributed by atoms with Gasteiger partial charge in [-0.1, -0.05) is 48.2 Å². The third kappa shape index (κ3) is 3.26. The number of aromatic amines is 1. The number of benzene rings is 2. The first-order valence-corrected chi connectivity index (χ1v) is 10.2. The Morgan fingerprint density at radius 3 is 2.74 bits per heavy atom. The fraction of sp³-hybridized carbons (Fsp3) is 0.238. The molecule has 1 aliphatic rings. The largest absolute Gasteiger partial charge is 0.377 e. The van der Waals surface area contributed by atoms with Gasteiger partial charge in [-0.3, -0.25) is 4.57 Å². The van der Waals surface area contributed by atoms with Gasteiger partial charge in [-0.25, -0.2) is 0 Å². The number of H-pyrrole nitrogens is 1. The molecule has 0 aliphatic carbocycles. The van der Waals surface area contributed by atoms with Crippen LogP contribution in [0.25, 0.3) is 28.1 Å². The standard InChI is InChI=1S/C21H20N4OS/c1-2-8-16(9-3-1)25-20(19-13-15-7-4-5-11-18(15)22-19)23-24-21(25)27-14-17-10-6-12-26-17/h1-5,7-9,11,13,17,22H,6,10,12,14H2. The van der Waals surface area contributed by atoms with Crippen molar-refractivity contribution in [1.82, 2.24) is 19.7 Å². The van der Waals surface area contributed by atoms with Crippen LogP contribution in [0.1, 0.15) is 12.8 Å². The maximum absolute atomic E-state index is 5.77. The molecule has 1 aliphatic heterocycles. The van der Waals surface area contributed by atoms with E-state index in [1.165, 1.54) is 5.39 Å². The van der Waals surface area contributed by atoms with Gasteiger partial charge in [-0.15, -0.1) is 10.2 Å². The SMILES string of the molecule is c1ccc(-n2c(SCC3CCCO3)nnc2-c2cc3ccccc3[nH]2)cc1. The summed E-state index contributed by atoms with van der Waals surface area (Å²) in [6.07, 6.45) is 2.59. The lowest BCUT2D eigenvalue weighted by atomic mass is 10.2. The lowest BCUT2D eigenvalue weighted by Gasteiger charge is -2.11. The molecule has 1 N–H and O–H groups in total. The smallest absolute Gasteiger partial charge is 0.196 e. The second-order valence-corrected chi connectivity index (χ2v) is 7.68. The summed E-state index contributed by atoms with van der Waals surface area (Å²) in [4.78, 5) is 3.48. The van der Waals surface area contributed by atoms with E-state index in [4.69, 9.17) is 4.74 Å². The van der Waals surface area contributed by atoms with Crippen molar-refractivity contribution in [3.05, 3.63) is 60.7 Å². The van der Waals surface area contributed by atoms with Gasteiger partial charge in [-0.05, 0) is 37.1 Å². The number of nitrogens with one attached hydrogen (secondary N) is 1. The minimum Gasteiger partial charge on any atom is -0.377 e. The molecule has 2 aromatic carbocycles. The Balaban J connectivity index is 1.56. The zero-order chi connectivity index (χ0) is 18.1. The van der Waals surface area contributed by atoms with Gasteiger partial charge in [0.2, 0.25) is 0 Å². The summed E-state index contributed by atoms with van der Waals surface area (Å²) in [5, 5.41) is 11.1. The molecule has 136 valence electrons. The molecular weight excluding hydrogens is 356 g/mol. The lowest BCUT2D eigenvalue weighted by Crippen LogP contribution is -2.09. The number of aromatic nitrogens is 4. The van der Waals surface area contributed by atoms with Crippen LogP contribution in [0, 0.1) is 0 Å². The first-order valence-electron chi connectivity index (χ1n) is 9.22. The predicted molar refractivity (Wildman–Crippen MR) is 108 cm³/mol. The molecule has 1 atom stereocenters. The van der Waals surface area contributed by atoms with Crippen LogP contribution in [0.5, 0.6) is 0 Å². The molecule has 6 heteroatoms. The van der Waals surface area contributed by atoms with Crippen LogP contribution in [-0.4, -0.2) is 38.2 Å². The van der Waals surface area contributed by atoms with Crippen LogP contribution in [0.2, 0.25) is 0 Å². The molecule has 5 rings (SSSR count). The molecule has 2 aromatic heterocycles. The van der Waals surface area contributed by atoms with Crippen molar-refractivity contribution in [3.63, 3.8) is 0 Å². The van der Waals surface area contributed by atoms with E-state index in [9.17, 15) is 0 Å². The highest BCUT2D eigenvalue weighted by Crippen LogP contribution is 2.30. The molecule has 27 heavy (non-hydrogen) atoms. The van der Waals surface area contributed by atoms with Crippen LogP contribution >= 0.6 is 11.8 Å². The van der Waals surface area contributed by atoms with Gasteiger partial charge in [0.15, 0.2) is 11.0 Å². The van der Waals surface area contributed by atoms with Crippen LogP contribution in [0.3, 0.4) is 0 Å². The van der Waals surface area contributed by atoms with E-state index < -0.39 is 0 Å². The highest BCUT2D eigenvalue weighted by Gasteiger charge is 2.21. The Hall–Kier alpha value is -2.57. The highest BCUT2D eigenvalue weighted by molar-refractivity contribution is 7.99. The molecule has 1 unspecified atom stereocenters. The summed E-state index contributed by atoms with van der Waals surface area (Å²) < 4.78 is 7.90. The maximum Gasteiger partial charge on any atom is 0.196 e. The monoisotopic (exact) mass is 376 g/mol. The van der Waals surface area contributed by atoms with Crippen LogP contribution in [-0.2, 0) is 4.74 Å².